The average Bonchev–Trinajstić information content (AvgIpc) is 2.17. The van der Waals surface area contributed by atoms with Crippen LogP contribution in [0.2, 0.25) is 0 Å². The highest BCUT2D eigenvalue weighted by molar-refractivity contribution is 5.88. The summed E-state index contributed by atoms with van der Waals surface area (Å²) in [6.07, 6.45) is 7.75. The van der Waals surface area contributed by atoms with Crippen LogP contribution in [-0.4, -0.2) is 5.78 Å². The van der Waals surface area contributed by atoms with Crippen LogP contribution in [0.3, 0.4) is 0 Å². The number of hydrogen-bond donors (Lipinski definition) is 0. The molecule has 1 fully saturated rings. The van der Waals surface area contributed by atoms with Crippen molar-refractivity contribution in [3.63, 3.8) is 0 Å². The number of allylic oxidation sites excluding steroid dienone is 2. The summed E-state index contributed by atoms with van der Waals surface area (Å²) in [4.78, 5) is 12.3. The Bertz CT molecular complexity index is 279. The molecule has 2 aliphatic rings. The van der Waals surface area contributed by atoms with Crippen LogP contribution in [0, 0.1) is 23.2 Å². The van der Waals surface area contributed by atoms with Crippen molar-refractivity contribution < 1.29 is 4.79 Å². The van der Waals surface area contributed by atoms with Gasteiger partial charge in [-0.3, -0.25) is 4.79 Å². The molecule has 0 aliphatic heterocycles. The highest BCUT2D eigenvalue weighted by Crippen LogP contribution is 2.49. The molecule has 0 aromatic heterocycles. The molecule has 0 saturated heterocycles. The van der Waals surface area contributed by atoms with Gasteiger partial charge in [0.05, 0.1) is 0 Å². The van der Waals surface area contributed by atoms with Crippen molar-refractivity contribution in [3.8, 4) is 0 Å². The molecule has 1 saturated carbocycles. The largest absolute Gasteiger partial charge is 0.299 e. The number of carbonyl (C=O) groups is 1. The van der Waals surface area contributed by atoms with Gasteiger partial charge in [0.15, 0.2) is 0 Å². The number of ketones is 1. The number of Topliss-reactive ketones (excluding diaryl/α,β-unsaturated/α-hetero) is 1. The summed E-state index contributed by atoms with van der Waals surface area (Å²) in [5, 5.41) is 0. The third-order valence-corrected chi connectivity index (χ3v) is 4.52. The van der Waals surface area contributed by atoms with Gasteiger partial charge in [-0.15, -0.1) is 0 Å². The van der Waals surface area contributed by atoms with Crippen LogP contribution in [0.4, 0.5) is 0 Å². The second-order valence-corrected chi connectivity index (χ2v) is 5.39. The van der Waals surface area contributed by atoms with Crippen molar-refractivity contribution in [2.45, 2.75) is 40.0 Å². The molecule has 0 bridgehead atoms. The number of fused-ring (bicyclic) bond motifs is 1. The van der Waals surface area contributed by atoms with E-state index in [-0.39, 0.29) is 11.3 Å². The molecule has 14 heavy (non-hydrogen) atoms. The van der Waals surface area contributed by atoms with E-state index in [9.17, 15) is 4.79 Å². The first-order chi connectivity index (χ1) is 6.55. The van der Waals surface area contributed by atoms with E-state index >= 15 is 0 Å². The summed E-state index contributed by atoms with van der Waals surface area (Å²) < 4.78 is 0. The lowest BCUT2D eigenvalue weighted by atomic mass is 9.56. The standard InChI is InChI=1S/C13H20O/c1-9-8-11-6-4-5-7-13(11,3)12(14)10(9)2/h4-5,9-11H,6-8H2,1-3H3. The fraction of sp³-hybridized carbons (Fsp3) is 0.769. The van der Waals surface area contributed by atoms with Gasteiger partial charge in [0.1, 0.15) is 5.78 Å². The van der Waals surface area contributed by atoms with Crippen LogP contribution in [0.5, 0.6) is 0 Å². The smallest absolute Gasteiger partial charge is 0.142 e. The molecule has 2 aliphatic carbocycles. The summed E-state index contributed by atoms with van der Waals surface area (Å²) in [6.45, 7) is 6.50. The second-order valence-electron chi connectivity index (χ2n) is 5.39. The molecule has 0 aromatic rings. The van der Waals surface area contributed by atoms with E-state index in [1.165, 1.54) is 6.42 Å². The summed E-state index contributed by atoms with van der Waals surface area (Å²) in [5.41, 5.74) is -0.0410. The zero-order valence-electron chi connectivity index (χ0n) is 9.42. The third-order valence-electron chi connectivity index (χ3n) is 4.52. The van der Waals surface area contributed by atoms with Crippen LogP contribution < -0.4 is 0 Å². The number of rotatable bonds is 0. The van der Waals surface area contributed by atoms with Gasteiger partial charge in [-0.25, -0.2) is 0 Å². The van der Waals surface area contributed by atoms with Crippen molar-refractivity contribution in [1.29, 1.82) is 0 Å². The zero-order chi connectivity index (χ0) is 10.3. The van der Waals surface area contributed by atoms with Crippen molar-refractivity contribution in [3.05, 3.63) is 12.2 Å². The molecule has 1 nitrogen and oxygen atoms in total. The summed E-state index contributed by atoms with van der Waals surface area (Å²) in [5.74, 6) is 1.95. The van der Waals surface area contributed by atoms with E-state index in [0.717, 1.165) is 12.8 Å². The Labute approximate surface area is 86.6 Å². The van der Waals surface area contributed by atoms with E-state index in [2.05, 4.69) is 32.9 Å². The monoisotopic (exact) mass is 192 g/mol. The van der Waals surface area contributed by atoms with Crippen LogP contribution in [0.1, 0.15) is 40.0 Å². The van der Waals surface area contributed by atoms with Gasteiger partial charge in [-0.1, -0.05) is 32.9 Å². The van der Waals surface area contributed by atoms with E-state index < -0.39 is 0 Å². The first kappa shape index (κ1) is 9.95. The molecule has 2 rings (SSSR count). The van der Waals surface area contributed by atoms with Gasteiger partial charge in [-0.05, 0) is 31.1 Å². The Morgan fingerprint density at radius 3 is 2.79 bits per heavy atom. The second kappa shape index (κ2) is 3.22. The topological polar surface area (TPSA) is 17.1 Å². The third kappa shape index (κ3) is 1.25. The molecule has 4 unspecified atom stereocenters. The predicted octanol–water partition coefficient (Wildman–Crippen LogP) is 3.20. The van der Waals surface area contributed by atoms with Crippen molar-refractivity contribution >= 4 is 5.78 Å². The molecule has 0 N–H and O–H groups in total. The predicted molar refractivity (Wildman–Crippen MR) is 57.9 cm³/mol. The molecule has 0 aromatic carbocycles. The fourth-order valence-electron chi connectivity index (χ4n) is 3.10. The van der Waals surface area contributed by atoms with Crippen molar-refractivity contribution in [1.82, 2.24) is 0 Å². The van der Waals surface area contributed by atoms with Crippen LogP contribution in [0.15, 0.2) is 12.2 Å². The van der Waals surface area contributed by atoms with Gasteiger partial charge in [0.25, 0.3) is 0 Å². The normalized spacial score (nSPS) is 47.6. The van der Waals surface area contributed by atoms with Gasteiger partial charge in [0.2, 0.25) is 0 Å². The Morgan fingerprint density at radius 2 is 2.07 bits per heavy atom. The maximum atomic E-state index is 12.3. The first-order valence-corrected chi connectivity index (χ1v) is 5.75. The Morgan fingerprint density at radius 1 is 1.36 bits per heavy atom. The van der Waals surface area contributed by atoms with E-state index in [4.69, 9.17) is 0 Å². The lowest BCUT2D eigenvalue weighted by Crippen LogP contribution is -2.47. The van der Waals surface area contributed by atoms with Gasteiger partial charge in [0, 0.05) is 11.3 Å². The van der Waals surface area contributed by atoms with E-state index in [1.807, 2.05) is 0 Å². The Balaban J connectivity index is 2.31. The zero-order valence-corrected chi connectivity index (χ0v) is 9.42. The number of carbonyl (C=O) groups excluding carboxylic acids is 1. The minimum atomic E-state index is -0.0410. The van der Waals surface area contributed by atoms with Gasteiger partial charge >= 0.3 is 0 Å². The van der Waals surface area contributed by atoms with Crippen molar-refractivity contribution in [2.75, 3.05) is 0 Å². The van der Waals surface area contributed by atoms with Gasteiger partial charge < -0.3 is 0 Å². The molecular weight excluding hydrogens is 172 g/mol. The Kier molecular flexibility index (Phi) is 2.29. The highest BCUT2D eigenvalue weighted by atomic mass is 16.1. The quantitative estimate of drug-likeness (QED) is 0.539. The minimum Gasteiger partial charge on any atom is -0.299 e. The highest BCUT2D eigenvalue weighted by Gasteiger charge is 2.48. The van der Waals surface area contributed by atoms with Gasteiger partial charge in [-0.2, -0.15) is 0 Å². The van der Waals surface area contributed by atoms with E-state index in [0.29, 0.717) is 17.6 Å². The molecule has 0 radical (unpaired) electrons. The molecule has 0 amide bonds. The van der Waals surface area contributed by atoms with Crippen LogP contribution in [-0.2, 0) is 4.79 Å². The molecular formula is C13H20O. The lowest BCUT2D eigenvalue weighted by molar-refractivity contribution is -0.141. The maximum absolute atomic E-state index is 12.3. The number of hydrogen-bond acceptors (Lipinski definition) is 1. The molecule has 4 atom stereocenters. The summed E-state index contributed by atoms with van der Waals surface area (Å²) >= 11 is 0. The summed E-state index contributed by atoms with van der Waals surface area (Å²) in [6, 6.07) is 0. The molecule has 78 valence electrons. The molecule has 0 heterocycles. The molecule has 1 heteroatoms. The average molecular weight is 192 g/mol. The summed E-state index contributed by atoms with van der Waals surface area (Å²) in [7, 11) is 0. The maximum Gasteiger partial charge on any atom is 0.142 e. The SMILES string of the molecule is CC1CC2CC=CCC2(C)C(=O)C1C. The molecule has 0 spiro atoms. The Hall–Kier alpha value is -0.590. The minimum absolute atomic E-state index is 0.0410. The lowest BCUT2D eigenvalue weighted by Gasteiger charge is -2.46. The van der Waals surface area contributed by atoms with E-state index in [1.54, 1.807) is 0 Å². The fourth-order valence-corrected chi connectivity index (χ4v) is 3.10. The van der Waals surface area contributed by atoms with Crippen molar-refractivity contribution in [2.24, 2.45) is 23.2 Å². The first-order valence-electron chi connectivity index (χ1n) is 5.75. The van der Waals surface area contributed by atoms with Crippen LogP contribution >= 0.6 is 0 Å². The van der Waals surface area contributed by atoms with Crippen LogP contribution in [0.25, 0.3) is 0 Å².